The number of nitrogen functional groups attached to an aromatic ring is 1. The molecule has 10 heavy (non-hydrogen) atoms. The van der Waals surface area contributed by atoms with Gasteiger partial charge in [-0.05, 0) is 18.6 Å². The van der Waals surface area contributed by atoms with Gasteiger partial charge in [0, 0.05) is 0 Å². The topological polar surface area (TPSA) is 38.9 Å². The van der Waals surface area contributed by atoms with Crippen molar-refractivity contribution in [3.8, 4) is 0 Å². The van der Waals surface area contributed by atoms with E-state index in [1.807, 2.05) is 13.1 Å². The van der Waals surface area contributed by atoms with Gasteiger partial charge in [0.2, 0.25) is 0 Å². The first-order valence-corrected chi connectivity index (χ1v) is 4.64. The predicted molar refractivity (Wildman–Crippen MR) is 44.6 cm³/mol. The Labute approximate surface area is 63.3 Å². The molecular weight excluding hydrogens is 140 g/mol. The van der Waals surface area contributed by atoms with Crippen molar-refractivity contribution in [1.82, 2.24) is 4.98 Å². The molecule has 0 amide bonds. The SMILES string of the molecule is C[Si+]c1cnc(N)c(C)c1. The standard InChI is InChI=1S/C7H10N2Si/c1-5-3-6(10-2)4-9-7(5)8/h3-4H,1-2H3,(H2,8,9)/q+1. The van der Waals surface area contributed by atoms with Crippen LogP contribution in [0.5, 0.6) is 0 Å². The Bertz CT molecular complexity index is 235. The molecule has 3 heteroatoms. The van der Waals surface area contributed by atoms with Crippen LogP contribution in [0, 0.1) is 6.92 Å². The van der Waals surface area contributed by atoms with Crippen LogP contribution in [-0.2, 0) is 0 Å². The first-order valence-electron chi connectivity index (χ1n) is 3.14. The van der Waals surface area contributed by atoms with Gasteiger partial charge >= 0.3 is 9.52 Å². The Morgan fingerprint density at radius 3 is 2.80 bits per heavy atom. The van der Waals surface area contributed by atoms with Crippen LogP contribution in [0.4, 0.5) is 5.82 Å². The van der Waals surface area contributed by atoms with Crippen molar-refractivity contribution in [2.75, 3.05) is 5.73 Å². The summed E-state index contributed by atoms with van der Waals surface area (Å²) in [6, 6.07) is 2.08. The van der Waals surface area contributed by atoms with Crippen molar-refractivity contribution in [2.45, 2.75) is 13.5 Å². The van der Waals surface area contributed by atoms with Gasteiger partial charge < -0.3 is 5.73 Å². The molecule has 0 aliphatic heterocycles. The van der Waals surface area contributed by atoms with Gasteiger partial charge in [-0.25, -0.2) is 4.98 Å². The van der Waals surface area contributed by atoms with Gasteiger partial charge in [0.1, 0.15) is 11.0 Å². The summed E-state index contributed by atoms with van der Waals surface area (Å²) < 4.78 is 0. The second kappa shape index (κ2) is 2.83. The van der Waals surface area contributed by atoms with E-state index < -0.39 is 0 Å². The van der Waals surface area contributed by atoms with Crippen LogP contribution in [0.2, 0.25) is 6.55 Å². The van der Waals surface area contributed by atoms with Crippen LogP contribution in [0.3, 0.4) is 0 Å². The third-order valence-corrected chi connectivity index (χ3v) is 2.26. The lowest BCUT2D eigenvalue weighted by molar-refractivity contribution is 1.30. The number of anilines is 1. The Balaban J connectivity index is 3.04. The number of hydrogen-bond acceptors (Lipinski definition) is 2. The molecule has 0 saturated carbocycles. The van der Waals surface area contributed by atoms with Crippen LogP contribution in [0.15, 0.2) is 12.3 Å². The van der Waals surface area contributed by atoms with Gasteiger partial charge in [-0.3, -0.25) is 0 Å². The van der Waals surface area contributed by atoms with E-state index in [1.165, 1.54) is 5.19 Å². The smallest absolute Gasteiger partial charge is 0.383 e. The summed E-state index contributed by atoms with van der Waals surface area (Å²) in [6.45, 7) is 4.11. The number of aryl methyl sites for hydroxylation is 1. The highest BCUT2D eigenvalue weighted by Crippen LogP contribution is 2.01. The van der Waals surface area contributed by atoms with Gasteiger partial charge in [-0.2, -0.15) is 0 Å². The molecule has 0 bridgehead atoms. The Kier molecular flexibility index (Phi) is 2.06. The van der Waals surface area contributed by atoms with E-state index >= 15 is 0 Å². The molecule has 1 heterocycles. The lowest BCUT2D eigenvalue weighted by Gasteiger charge is -1.94. The van der Waals surface area contributed by atoms with E-state index in [2.05, 4.69) is 17.6 Å². The molecule has 0 saturated heterocycles. The normalized spacial score (nSPS) is 9.40. The van der Waals surface area contributed by atoms with E-state index in [0.29, 0.717) is 5.82 Å². The molecule has 1 aromatic rings. The zero-order valence-corrected chi connectivity index (χ0v) is 7.18. The maximum absolute atomic E-state index is 5.54. The molecule has 2 nitrogen and oxygen atoms in total. The summed E-state index contributed by atoms with van der Waals surface area (Å²) in [7, 11) is 0.805. The van der Waals surface area contributed by atoms with Crippen molar-refractivity contribution < 1.29 is 0 Å². The zero-order valence-electron chi connectivity index (χ0n) is 6.18. The maximum atomic E-state index is 5.54. The van der Waals surface area contributed by atoms with E-state index in [-0.39, 0.29) is 0 Å². The quantitative estimate of drug-likeness (QED) is 0.587. The minimum absolute atomic E-state index is 0.641. The first-order chi connectivity index (χ1) is 4.74. The Hall–Kier alpha value is -0.833. The van der Waals surface area contributed by atoms with E-state index in [1.54, 1.807) is 0 Å². The highest BCUT2D eigenvalue weighted by atomic mass is 28.2. The minimum atomic E-state index is 0.641. The van der Waals surface area contributed by atoms with Crippen molar-refractivity contribution in [2.24, 2.45) is 0 Å². The first kappa shape index (κ1) is 7.28. The molecule has 51 valence electrons. The number of rotatable bonds is 1. The van der Waals surface area contributed by atoms with Crippen molar-refractivity contribution in [3.05, 3.63) is 17.8 Å². The molecule has 0 spiro atoms. The van der Waals surface area contributed by atoms with E-state index in [4.69, 9.17) is 5.73 Å². The molecule has 0 aliphatic carbocycles. The molecule has 1 rings (SSSR count). The average molecular weight is 150 g/mol. The van der Waals surface area contributed by atoms with Gasteiger partial charge in [-0.1, -0.05) is 0 Å². The van der Waals surface area contributed by atoms with Crippen LogP contribution in [0.1, 0.15) is 5.56 Å². The number of nitrogens with two attached hydrogens (primary N) is 1. The summed E-state index contributed by atoms with van der Waals surface area (Å²) in [5, 5.41) is 1.27. The van der Waals surface area contributed by atoms with Gasteiger partial charge in [-0.15, -0.1) is 0 Å². The molecule has 0 fully saturated rings. The van der Waals surface area contributed by atoms with Crippen LogP contribution in [0.25, 0.3) is 0 Å². The highest BCUT2D eigenvalue weighted by Gasteiger charge is 2.07. The highest BCUT2D eigenvalue weighted by molar-refractivity contribution is 6.51. The molecule has 0 aliphatic rings. The van der Waals surface area contributed by atoms with Crippen LogP contribution < -0.4 is 10.9 Å². The maximum Gasteiger partial charge on any atom is 0.522 e. The van der Waals surface area contributed by atoms with Gasteiger partial charge in [0.15, 0.2) is 0 Å². The summed E-state index contributed by atoms with van der Waals surface area (Å²) in [5.41, 5.74) is 6.61. The summed E-state index contributed by atoms with van der Waals surface area (Å²) >= 11 is 0. The van der Waals surface area contributed by atoms with E-state index in [0.717, 1.165) is 15.1 Å². The van der Waals surface area contributed by atoms with E-state index in [9.17, 15) is 0 Å². The minimum Gasteiger partial charge on any atom is -0.383 e. The fourth-order valence-electron chi connectivity index (χ4n) is 0.722. The second-order valence-corrected chi connectivity index (χ2v) is 3.25. The van der Waals surface area contributed by atoms with Crippen molar-refractivity contribution in [1.29, 1.82) is 0 Å². The lowest BCUT2D eigenvalue weighted by Crippen LogP contribution is -2.12. The third-order valence-electron chi connectivity index (χ3n) is 1.41. The summed E-state index contributed by atoms with van der Waals surface area (Å²) in [5.74, 6) is 0.641. The van der Waals surface area contributed by atoms with Crippen molar-refractivity contribution in [3.63, 3.8) is 0 Å². The lowest BCUT2D eigenvalue weighted by atomic mass is 10.3. The Morgan fingerprint density at radius 1 is 1.60 bits per heavy atom. The summed E-state index contributed by atoms with van der Waals surface area (Å²) in [6.07, 6.45) is 1.83. The largest absolute Gasteiger partial charge is 0.522 e. The average Bonchev–Trinajstić information content (AvgIpc) is 1.95. The molecule has 0 unspecified atom stereocenters. The molecule has 1 radical (unpaired) electrons. The van der Waals surface area contributed by atoms with Crippen molar-refractivity contribution >= 4 is 20.5 Å². The number of pyridine rings is 1. The fourth-order valence-corrected chi connectivity index (χ4v) is 1.28. The zero-order chi connectivity index (χ0) is 7.56. The molecule has 2 N–H and O–H groups in total. The second-order valence-electron chi connectivity index (χ2n) is 2.18. The van der Waals surface area contributed by atoms with Crippen LogP contribution in [-0.4, -0.2) is 14.5 Å². The Morgan fingerprint density at radius 2 is 2.30 bits per heavy atom. The fraction of sp³-hybridized carbons (Fsp3) is 0.286. The third kappa shape index (κ3) is 1.36. The number of nitrogens with zero attached hydrogens (tertiary/aromatic N) is 1. The van der Waals surface area contributed by atoms with Gasteiger partial charge in [0.25, 0.3) is 0 Å². The predicted octanol–water partition coefficient (Wildman–Crippen LogP) is 0.350. The number of hydrogen-bond donors (Lipinski definition) is 1. The summed E-state index contributed by atoms with van der Waals surface area (Å²) in [4.78, 5) is 4.03. The molecule has 1 aromatic heterocycles. The van der Waals surface area contributed by atoms with Gasteiger partial charge in [0.05, 0.1) is 12.7 Å². The van der Waals surface area contributed by atoms with Crippen LogP contribution >= 0.6 is 0 Å². The number of aromatic nitrogens is 1. The molecule has 0 atom stereocenters. The molecular formula is C7H10N2Si+. The molecule has 0 aromatic carbocycles. The monoisotopic (exact) mass is 150 g/mol.